The van der Waals surface area contributed by atoms with Crippen LogP contribution in [0.1, 0.15) is 27.9 Å². The first-order valence-electron chi connectivity index (χ1n) is 10.5. The second-order valence-corrected chi connectivity index (χ2v) is 10.9. The molecule has 2 aromatic carbocycles. The standard InChI is InChI=1S/C18H12N2O2.C4H9NO4S.CH4O3S/c21-17-13-14(16(20-17)12-9-5-2-6-10-12)18(22)19-15(13)11-7-3-1-4-8-11;1-10(8,9)5-3-2-4(6)7;1-5(2,3)4/h1-10,19,22H;5H,2-3H2,1H3,(H,6,7);1H3,(H,2,3,4). The molecule has 1 amide bonds. The number of fused-ring (bicyclic) bond motifs is 1. The minimum Gasteiger partial charge on any atom is -0.494 e. The van der Waals surface area contributed by atoms with Crippen molar-refractivity contribution in [3.8, 4) is 17.1 Å². The van der Waals surface area contributed by atoms with Crippen molar-refractivity contribution in [2.75, 3.05) is 19.1 Å². The van der Waals surface area contributed by atoms with Gasteiger partial charge in [-0.3, -0.25) is 14.1 Å². The molecule has 1 aliphatic rings. The van der Waals surface area contributed by atoms with Crippen molar-refractivity contribution in [3.05, 3.63) is 77.4 Å². The van der Waals surface area contributed by atoms with E-state index in [4.69, 9.17) is 9.66 Å². The van der Waals surface area contributed by atoms with Crippen LogP contribution in [-0.2, 0) is 24.9 Å². The van der Waals surface area contributed by atoms with Gasteiger partial charge in [-0.1, -0.05) is 60.7 Å². The lowest BCUT2D eigenvalue weighted by Gasteiger charge is -2.00. The van der Waals surface area contributed by atoms with Crippen LogP contribution in [0.2, 0.25) is 0 Å². The van der Waals surface area contributed by atoms with Crippen LogP contribution in [-0.4, -0.2) is 73.2 Å². The van der Waals surface area contributed by atoms with Gasteiger partial charge < -0.3 is 15.2 Å². The third kappa shape index (κ3) is 9.61. The number of carboxylic acid groups (broad SMARTS) is 1. The van der Waals surface area contributed by atoms with Crippen molar-refractivity contribution in [1.82, 2.24) is 9.71 Å². The van der Waals surface area contributed by atoms with Crippen LogP contribution >= 0.6 is 0 Å². The number of sulfonamides is 1. The second-order valence-electron chi connectivity index (χ2n) is 7.64. The molecule has 0 fully saturated rings. The highest BCUT2D eigenvalue weighted by Crippen LogP contribution is 2.37. The van der Waals surface area contributed by atoms with E-state index < -0.39 is 26.1 Å². The Kier molecular flexibility index (Phi) is 9.85. The van der Waals surface area contributed by atoms with Crippen LogP contribution in [0.4, 0.5) is 0 Å². The molecule has 1 aromatic heterocycles. The van der Waals surface area contributed by atoms with Crippen molar-refractivity contribution >= 4 is 37.7 Å². The molecule has 12 nitrogen and oxygen atoms in total. The first kappa shape index (κ1) is 29.4. The van der Waals surface area contributed by atoms with Crippen LogP contribution in [0.25, 0.3) is 11.3 Å². The third-order valence-corrected chi connectivity index (χ3v) is 5.19. The molecule has 14 heteroatoms. The number of aromatic hydroxyl groups is 1. The van der Waals surface area contributed by atoms with Crippen LogP contribution in [0.5, 0.6) is 5.88 Å². The molecular formula is C23H25N3O9S2. The van der Waals surface area contributed by atoms with Crippen LogP contribution in [0, 0.1) is 0 Å². The first-order valence-corrected chi connectivity index (χ1v) is 14.2. The number of hydrogen-bond acceptors (Lipinski definition) is 7. The highest BCUT2D eigenvalue weighted by molar-refractivity contribution is 7.88. The normalized spacial score (nSPS) is 12.4. The maximum atomic E-state index is 12.3. The molecule has 5 N–H and O–H groups in total. The zero-order valence-corrected chi connectivity index (χ0v) is 21.4. The van der Waals surface area contributed by atoms with Gasteiger partial charge in [-0.05, 0) is 5.56 Å². The summed E-state index contributed by atoms with van der Waals surface area (Å²) in [5, 5.41) is 18.3. The van der Waals surface area contributed by atoms with Gasteiger partial charge in [0.15, 0.2) is 5.88 Å². The number of aromatic nitrogens is 1. The van der Waals surface area contributed by atoms with Crippen molar-refractivity contribution in [1.29, 1.82) is 0 Å². The van der Waals surface area contributed by atoms with Gasteiger partial charge in [0.2, 0.25) is 10.0 Å². The lowest BCUT2D eigenvalue weighted by molar-refractivity contribution is -0.136. The number of aliphatic imine (C=N–C) groups is 1. The summed E-state index contributed by atoms with van der Waals surface area (Å²) in [6.07, 6.45) is 1.51. The lowest BCUT2D eigenvalue weighted by atomic mass is 10.0. The molecule has 0 unspecified atom stereocenters. The van der Waals surface area contributed by atoms with Crippen LogP contribution in [0.3, 0.4) is 0 Å². The highest BCUT2D eigenvalue weighted by atomic mass is 32.2. The minimum atomic E-state index is -3.67. The molecule has 198 valence electrons. The number of carbonyl (C=O) groups excluding carboxylic acids is 1. The van der Waals surface area contributed by atoms with Gasteiger partial charge in [-0.15, -0.1) is 0 Å². The molecule has 37 heavy (non-hydrogen) atoms. The number of rotatable bonds is 6. The topological polar surface area (TPSA) is 203 Å². The van der Waals surface area contributed by atoms with Crippen molar-refractivity contribution in [3.63, 3.8) is 0 Å². The smallest absolute Gasteiger partial charge is 0.304 e. The molecule has 0 saturated carbocycles. The number of carboxylic acids is 1. The molecule has 0 radical (unpaired) electrons. The Hall–Kier alpha value is -3.85. The van der Waals surface area contributed by atoms with Crippen molar-refractivity contribution in [2.45, 2.75) is 6.42 Å². The molecule has 0 aliphatic carbocycles. The zero-order chi connectivity index (χ0) is 27.8. The van der Waals surface area contributed by atoms with E-state index in [1.54, 1.807) is 0 Å². The molecule has 3 aromatic rings. The molecule has 0 atom stereocenters. The first-order chi connectivity index (χ1) is 17.2. The molecule has 0 bridgehead atoms. The fraction of sp³-hybridized carbons (Fsp3) is 0.174. The number of nitrogens with zero attached hydrogens (tertiary/aromatic N) is 1. The monoisotopic (exact) mass is 551 g/mol. The maximum absolute atomic E-state index is 12.3. The second kappa shape index (κ2) is 12.4. The number of aromatic amines is 1. The molecule has 2 heterocycles. The number of carbonyl (C=O) groups is 2. The summed E-state index contributed by atoms with van der Waals surface area (Å²) in [5.41, 5.74) is 3.68. The summed E-state index contributed by atoms with van der Waals surface area (Å²) in [5.74, 6) is -1.37. The Morgan fingerprint density at radius 3 is 1.86 bits per heavy atom. The van der Waals surface area contributed by atoms with Crippen LogP contribution < -0.4 is 4.72 Å². The van der Waals surface area contributed by atoms with Gasteiger partial charge in [0.1, 0.15) is 0 Å². The Morgan fingerprint density at radius 1 is 0.919 bits per heavy atom. The summed E-state index contributed by atoms with van der Waals surface area (Å²) < 4.78 is 48.5. The fourth-order valence-corrected chi connectivity index (χ4v) is 3.59. The van der Waals surface area contributed by atoms with E-state index in [0.717, 1.165) is 17.4 Å². The number of amides is 1. The SMILES string of the molecule is CS(=O)(=O)NCCC(=O)O.CS(=O)(=O)O.O=C1N=C(c2ccccc2)c2c(O)[nH]c(-c3ccccc3)c21. The summed E-state index contributed by atoms with van der Waals surface area (Å²) in [4.78, 5) is 29.2. The maximum Gasteiger partial charge on any atom is 0.304 e. The van der Waals surface area contributed by atoms with Gasteiger partial charge in [0.05, 0.1) is 41.5 Å². The van der Waals surface area contributed by atoms with E-state index in [1.165, 1.54) is 0 Å². The molecule has 1 aliphatic heterocycles. The molecule has 0 spiro atoms. The van der Waals surface area contributed by atoms with Gasteiger partial charge in [-0.2, -0.15) is 8.42 Å². The number of aliphatic carboxylic acids is 1. The Labute approximate surface area is 213 Å². The lowest BCUT2D eigenvalue weighted by Crippen LogP contribution is -2.24. The minimum absolute atomic E-state index is 0.0256. The summed E-state index contributed by atoms with van der Waals surface area (Å²) in [6.45, 7) is -0.0475. The summed E-state index contributed by atoms with van der Waals surface area (Å²) in [6, 6.07) is 18.8. The third-order valence-electron chi connectivity index (χ3n) is 4.46. The predicted octanol–water partition coefficient (Wildman–Crippen LogP) is 1.89. The van der Waals surface area contributed by atoms with E-state index in [9.17, 15) is 31.5 Å². The van der Waals surface area contributed by atoms with E-state index in [1.807, 2.05) is 65.4 Å². The number of H-pyrrole nitrogens is 1. The van der Waals surface area contributed by atoms with Crippen molar-refractivity contribution in [2.24, 2.45) is 4.99 Å². The quantitative estimate of drug-likeness (QED) is 0.283. The van der Waals surface area contributed by atoms with Gasteiger partial charge in [0.25, 0.3) is 16.0 Å². The molecule has 0 saturated heterocycles. The van der Waals surface area contributed by atoms with Gasteiger partial charge >= 0.3 is 5.97 Å². The van der Waals surface area contributed by atoms with E-state index in [2.05, 4.69) is 9.98 Å². The van der Waals surface area contributed by atoms with Gasteiger partial charge in [0, 0.05) is 12.1 Å². The Balaban J connectivity index is 0.000000269. The number of benzene rings is 2. The molecule has 4 rings (SSSR count). The average Bonchev–Trinajstić information content (AvgIpc) is 3.31. The number of hydrogen-bond donors (Lipinski definition) is 5. The Morgan fingerprint density at radius 2 is 1.41 bits per heavy atom. The van der Waals surface area contributed by atoms with Gasteiger partial charge in [-0.25, -0.2) is 18.1 Å². The van der Waals surface area contributed by atoms with E-state index >= 15 is 0 Å². The largest absolute Gasteiger partial charge is 0.494 e. The average molecular weight is 552 g/mol. The summed E-state index contributed by atoms with van der Waals surface area (Å²) >= 11 is 0. The summed E-state index contributed by atoms with van der Waals surface area (Å²) in [7, 11) is -6.90. The van der Waals surface area contributed by atoms with E-state index in [-0.39, 0.29) is 24.8 Å². The Bertz CT molecular complexity index is 1490. The van der Waals surface area contributed by atoms with E-state index in [0.29, 0.717) is 28.8 Å². The molecular weight excluding hydrogens is 526 g/mol. The predicted molar refractivity (Wildman–Crippen MR) is 137 cm³/mol. The fourth-order valence-electron chi connectivity index (χ4n) is 3.11. The van der Waals surface area contributed by atoms with Crippen molar-refractivity contribution < 1.29 is 41.2 Å². The number of nitrogens with one attached hydrogen (secondary N) is 2. The highest BCUT2D eigenvalue weighted by Gasteiger charge is 2.33. The van der Waals surface area contributed by atoms with Crippen LogP contribution in [0.15, 0.2) is 65.7 Å². The zero-order valence-electron chi connectivity index (χ0n) is 19.7.